The van der Waals surface area contributed by atoms with Gasteiger partial charge in [0.25, 0.3) is 0 Å². The van der Waals surface area contributed by atoms with Gasteiger partial charge >= 0.3 is 0 Å². The lowest BCUT2D eigenvalue weighted by atomic mass is 10.2. The van der Waals surface area contributed by atoms with Crippen LogP contribution in [0.3, 0.4) is 0 Å². The quantitative estimate of drug-likeness (QED) is 0.764. The Morgan fingerprint density at radius 2 is 2.17 bits per heavy atom. The molecule has 2 nitrogen and oxygen atoms in total. The largest absolute Gasteiger partial charge is 0.327 e. The summed E-state index contributed by atoms with van der Waals surface area (Å²) in [6, 6.07) is 3.02. The lowest BCUT2D eigenvalue weighted by molar-refractivity contribution is 0.591. The Morgan fingerprint density at radius 3 is 2.83 bits per heavy atom. The molecule has 0 aliphatic heterocycles. The molecule has 1 aliphatic carbocycles. The van der Waals surface area contributed by atoms with Crippen LogP contribution in [0.15, 0.2) is 12.1 Å². The third-order valence-corrected chi connectivity index (χ3v) is 3.98. The van der Waals surface area contributed by atoms with Crippen LogP contribution in [-0.4, -0.2) is 9.55 Å². The van der Waals surface area contributed by atoms with Crippen LogP contribution in [-0.2, 0) is 12.4 Å². The van der Waals surface area contributed by atoms with E-state index in [2.05, 4.69) is 4.98 Å². The van der Waals surface area contributed by atoms with Crippen molar-refractivity contribution in [2.24, 2.45) is 5.92 Å². The van der Waals surface area contributed by atoms with Crippen LogP contribution in [0.4, 0.5) is 4.39 Å². The second-order valence-corrected chi connectivity index (χ2v) is 5.47. The highest BCUT2D eigenvalue weighted by Gasteiger charge is 2.22. The van der Waals surface area contributed by atoms with E-state index >= 15 is 0 Å². The Hall–Kier alpha value is -0.800. The lowest BCUT2D eigenvalue weighted by Gasteiger charge is -2.07. The summed E-state index contributed by atoms with van der Waals surface area (Å²) < 4.78 is 15.6. The summed E-state index contributed by atoms with van der Waals surface area (Å²) in [6.07, 6.45) is 3.73. The van der Waals surface area contributed by atoms with E-state index in [0.717, 1.165) is 30.2 Å². The van der Waals surface area contributed by atoms with Gasteiger partial charge in [0, 0.05) is 12.6 Å². The zero-order valence-electron chi connectivity index (χ0n) is 9.80. The molecule has 1 heterocycles. The first-order chi connectivity index (χ1) is 8.69. The lowest BCUT2D eigenvalue weighted by Crippen LogP contribution is -2.03. The van der Waals surface area contributed by atoms with E-state index in [0.29, 0.717) is 11.4 Å². The molecule has 0 amide bonds. The van der Waals surface area contributed by atoms with Gasteiger partial charge in [-0.3, -0.25) is 0 Å². The van der Waals surface area contributed by atoms with Crippen molar-refractivity contribution < 1.29 is 4.39 Å². The van der Waals surface area contributed by atoms with E-state index in [9.17, 15) is 4.39 Å². The summed E-state index contributed by atoms with van der Waals surface area (Å²) in [5, 5.41) is 0.107. The van der Waals surface area contributed by atoms with Gasteiger partial charge in [-0.05, 0) is 18.4 Å². The van der Waals surface area contributed by atoms with Crippen LogP contribution in [0, 0.1) is 11.7 Å². The van der Waals surface area contributed by atoms with E-state index in [1.165, 1.54) is 18.9 Å². The standard InChI is InChI=1S/C13H13Cl2FN2/c14-7-13-17-11-5-9(15)10(16)6-12(11)18(13)4-3-8-1-2-8/h5-6,8H,1-4,7H2. The molecule has 1 saturated carbocycles. The second-order valence-electron chi connectivity index (χ2n) is 4.80. The van der Waals surface area contributed by atoms with Gasteiger partial charge in [-0.2, -0.15) is 0 Å². The molecule has 3 rings (SSSR count). The van der Waals surface area contributed by atoms with Crippen LogP contribution in [0.1, 0.15) is 25.1 Å². The molecule has 2 aromatic rings. The number of alkyl halides is 1. The molecule has 0 spiro atoms. The first-order valence-electron chi connectivity index (χ1n) is 6.09. The molecule has 1 fully saturated rings. The summed E-state index contributed by atoms with van der Waals surface area (Å²) in [5.41, 5.74) is 1.50. The number of fused-ring (bicyclic) bond motifs is 1. The number of imidazole rings is 1. The molecule has 0 atom stereocenters. The maximum atomic E-state index is 13.5. The van der Waals surface area contributed by atoms with E-state index in [1.54, 1.807) is 6.07 Å². The molecule has 0 bridgehead atoms. The first-order valence-corrected chi connectivity index (χ1v) is 7.00. The van der Waals surface area contributed by atoms with Crippen molar-refractivity contribution in [3.8, 4) is 0 Å². The van der Waals surface area contributed by atoms with Crippen molar-refractivity contribution in [1.29, 1.82) is 0 Å². The number of aromatic nitrogens is 2. The number of halogens is 3. The zero-order chi connectivity index (χ0) is 12.7. The third-order valence-electron chi connectivity index (χ3n) is 3.45. The van der Waals surface area contributed by atoms with Crippen molar-refractivity contribution in [2.45, 2.75) is 31.7 Å². The number of rotatable bonds is 4. The number of hydrogen-bond donors (Lipinski definition) is 0. The summed E-state index contributed by atoms with van der Waals surface area (Å²) in [6.45, 7) is 0.851. The molecule has 0 saturated heterocycles. The molecular formula is C13H13Cl2FN2. The smallest absolute Gasteiger partial charge is 0.144 e. The Bertz CT molecular complexity index is 590. The van der Waals surface area contributed by atoms with Crippen LogP contribution in [0.5, 0.6) is 0 Å². The highest BCUT2D eigenvalue weighted by molar-refractivity contribution is 6.31. The third kappa shape index (κ3) is 2.21. The minimum absolute atomic E-state index is 0.107. The molecule has 1 aromatic carbocycles. The van der Waals surface area contributed by atoms with Gasteiger partial charge in [0.15, 0.2) is 0 Å². The van der Waals surface area contributed by atoms with E-state index in [4.69, 9.17) is 23.2 Å². The number of benzene rings is 1. The molecule has 1 aromatic heterocycles. The Labute approximate surface area is 115 Å². The highest BCUT2D eigenvalue weighted by Crippen LogP contribution is 2.34. The summed E-state index contributed by atoms with van der Waals surface area (Å²) in [4.78, 5) is 4.41. The maximum absolute atomic E-state index is 13.5. The molecular weight excluding hydrogens is 274 g/mol. The topological polar surface area (TPSA) is 17.8 Å². The van der Waals surface area contributed by atoms with Crippen molar-refractivity contribution in [2.75, 3.05) is 0 Å². The molecule has 96 valence electrons. The van der Waals surface area contributed by atoms with Crippen molar-refractivity contribution in [3.05, 3.63) is 28.8 Å². The van der Waals surface area contributed by atoms with Crippen molar-refractivity contribution in [3.63, 3.8) is 0 Å². The van der Waals surface area contributed by atoms with E-state index < -0.39 is 5.82 Å². The fourth-order valence-corrected chi connectivity index (χ4v) is 2.60. The van der Waals surface area contributed by atoms with Gasteiger partial charge in [-0.15, -0.1) is 11.6 Å². The molecule has 0 radical (unpaired) electrons. The van der Waals surface area contributed by atoms with E-state index in [1.807, 2.05) is 4.57 Å². The number of aryl methyl sites for hydroxylation is 1. The monoisotopic (exact) mass is 286 g/mol. The fraction of sp³-hybridized carbons (Fsp3) is 0.462. The molecule has 5 heteroatoms. The Morgan fingerprint density at radius 1 is 1.39 bits per heavy atom. The normalized spacial score (nSPS) is 15.5. The zero-order valence-corrected chi connectivity index (χ0v) is 11.3. The average Bonchev–Trinajstić information content (AvgIpc) is 3.11. The number of hydrogen-bond acceptors (Lipinski definition) is 1. The van der Waals surface area contributed by atoms with Crippen LogP contribution in [0.2, 0.25) is 5.02 Å². The van der Waals surface area contributed by atoms with Gasteiger partial charge < -0.3 is 4.57 Å². The van der Waals surface area contributed by atoms with Crippen LogP contribution < -0.4 is 0 Å². The van der Waals surface area contributed by atoms with Gasteiger partial charge in [0.2, 0.25) is 0 Å². The average molecular weight is 287 g/mol. The van der Waals surface area contributed by atoms with Crippen LogP contribution >= 0.6 is 23.2 Å². The molecule has 18 heavy (non-hydrogen) atoms. The van der Waals surface area contributed by atoms with Crippen molar-refractivity contribution >= 4 is 34.2 Å². The highest BCUT2D eigenvalue weighted by atomic mass is 35.5. The first kappa shape index (κ1) is 12.2. The second kappa shape index (κ2) is 4.71. The predicted octanol–water partition coefficient (Wildman–Crippen LogP) is 4.37. The Balaban J connectivity index is 2.04. The van der Waals surface area contributed by atoms with Gasteiger partial charge in [-0.25, -0.2) is 9.37 Å². The van der Waals surface area contributed by atoms with Crippen LogP contribution in [0.25, 0.3) is 11.0 Å². The predicted molar refractivity (Wildman–Crippen MR) is 71.6 cm³/mol. The molecule has 1 aliphatic rings. The Kier molecular flexibility index (Phi) is 3.20. The molecule has 0 N–H and O–H groups in total. The van der Waals surface area contributed by atoms with Gasteiger partial charge in [-0.1, -0.05) is 24.4 Å². The van der Waals surface area contributed by atoms with Gasteiger partial charge in [0.1, 0.15) is 11.6 Å². The summed E-state index contributed by atoms with van der Waals surface area (Å²) >= 11 is 11.7. The molecule has 0 unspecified atom stereocenters. The fourth-order valence-electron chi connectivity index (χ4n) is 2.24. The van der Waals surface area contributed by atoms with Gasteiger partial charge in [0.05, 0.1) is 21.9 Å². The maximum Gasteiger partial charge on any atom is 0.144 e. The minimum atomic E-state index is -0.405. The van der Waals surface area contributed by atoms with Crippen molar-refractivity contribution in [1.82, 2.24) is 9.55 Å². The summed E-state index contributed by atoms with van der Waals surface area (Å²) in [7, 11) is 0. The minimum Gasteiger partial charge on any atom is -0.327 e. The summed E-state index contributed by atoms with van der Waals surface area (Å²) in [5.74, 6) is 1.54. The van der Waals surface area contributed by atoms with E-state index in [-0.39, 0.29) is 5.02 Å². The SMILES string of the molecule is Fc1cc2c(cc1Cl)nc(CCl)n2CCC1CC1. The number of nitrogens with zero attached hydrogens (tertiary/aromatic N) is 2.